The van der Waals surface area contributed by atoms with E-state index in [2.05, 4.69) is 46.0 Å². The molecule has 0 saturated carbocycles. The van der Waals surface area contributed by atoms with Gasteiger partial charge in [0, 0.05) is 52.1 Å². The number of rotatable bonds is 39. The van der Waals surface area contributed by atoms with Crippen molar-refractivity contribution in [3.8, 4) is 0 Å². The molecule has 56 heavy (non-hydrogen) atoms. The fraction of sp³-hybridized carbons (Fsp3) is 0.909. The molecule has 0 radical (unpaired) electrons. The SMILES string of the molecule is CCCCCCCCCCC(CCCCCC(=O)NCCNN1CCNC1=O)C(CCCCCCCCCC)CCCCCC(=O)NCCNN1CCNC1=O. The molecular weight excluding hydrogens is 705 g/mol. The summed E-state index contributed by atoms with van der Waals surface area (Å²) in [5.74, 6) is 1.69. The lowest BCUT2D eigenvalue weighted by Gasteiger charge is -2.28. The summed E-state index contributed by atoms with van der Waals surface area (Å²) in [5.41, 5.74) is 6.15. The highest BCUT2D eigenvalue weighted by Gasteiger charge is 2.22. The van der Waals surface area contributed by atoms with E-state index in [0.717, 1.165) is 37.5 Å². The predicted octanol–water partition coefficient (Wildman–Crippen LogP) is 8.47. The van der Waals surface area contributed by atoms with E-state index in [4.69, 9.17) is 0 Å². The van der Waals surface area contributed by atoms with E-state index in [-0.39, 0.29) is 23.9 Å². The third kappa shape index (κ3) is 25.6. The fourth-order valence-corrected chi connectivity index (χ4v) is 8.26. The van der Waals surface area contributed by atoms with Crippen molar-refractivity contribution in [3.05, 3.63) is 0 Å². The smallest absolute Gasteiger partial charge is 0.331 e. The first-order chi connectivity index (χ1) is 27.4. The van der Waals surface area contributed by atoms with Crippen molar-refractivity contribution in [1.29, 1.82) is 0 Å². The Kier molecular flexibility index (Phi) is 30.5. The Balaban J connectivity index is 1.80. The monoisotopic (exact) mass is 791 g/mol. The molecule has 0 aromatic carbocycles. The quantitative estimate of drug-likeness (QED) is 0.0345. The van der Waals surface area contributed by atoms with Crippen molar-refractivity contribution in [2.75, 3.05) is 52.4 Å². The van der Waals surface area contributed by atoms with Crippen molar-refractivity contribution < 1.29 is 19.2 Å². The third-order valence-corrected chi connectivity index (χ3v) is 11.7. The van der Waals surface area contributed by atoms with Crippen LogP contribution in [0.25, 0.3) is 0 Å². The van der Waals surface area contributed by atoms with Crippen LogP contribution in [-0.2, 0) is 9.59 Å². The van der Waals surface area contributed by atoms with E-state index < -0.39 is 0 Å². The lowest BCUT2D eigenvalue weighted by molar-refractivity contribution is -0.122. The number of hydrogen-bond donors (Lipinski definition) is 6. The summed E-state index contributed by atoms with van der Waals surface area (Å²) in [6.07, 6.45) is 34.4. The summed E-state index contributed by atoms with van der Waals surface area (Å²) in [6.45, 7) is 9.31. The van der Waals surface area contributed by atoms with Gasteiger partial charge in [0.25, 0.3) is 0 Å². The number of nitrogens with zero attached hydrogens (tertiary/aromatic N) is 2. The highest BCUT2D eigenvalue weighted by atomic mass is 16.2. The van der Waals surface area contributed by atoms with Crippen LogP contribution in [0.1, 0.15) is 194 Å². The molecule has 0 aromatic rings. The summed E-state index contributed by atoms with van der Waals surface area (Å²) < 4.78 is 0. The first kappa shape index (κ1) is 49.5. The van der Waals surface area contributed by atoms with Gasteiger partial charge in [-0.2, -0.15) is 0 Å². The van der Waals surface area contributed by atoms with E-state index in [1.165, 1.54) is 141 Å². The minimum absolute atomic E-state index is 0.0993. The number of carbonyl (C=O) groups excluding carboxylic acids is 4. The van der Waals surface area contributed by atoms with Gasteiger partial charge in [-0.25, -0.2) is 20.4 Å². The summed E-state index contributed by atoms with van der Waals surface area (Å²) in [6, 6.07) is -0.206. The van der Waals surface area contributed by atoms with Crippen LogP contribution in [0.4, 0.5) is 9.59 Å². The maximum absolute atomic E-state index is 12.5. The predicted molar refractivity (Wildman–Crippen MR) is 230 cm³/mol. The second kappa shape index (κ2) is 34.4. The Morgan fingerprint density at radius 3 is 1.12 bits per heavy atom. The standard InChI is InChI=1S/C44H86N8O4/c1-3-5-7-9-11-13-15-19-25-39(27-21-17-23-29-41(53)45-31-33-49-51-37-35-47-43(51)55)40(26-20-16-14-12-10-8-6-4-2)28-22-18-24-30-42(54)46-32-34-50-52-38-36-48-44(52)56/h39-40,49-50H,3-38H2,1-2H3,(H,45,53)(H,46,54)(H,47,55)(H,48,56). The summed E-state index contributed by atoms with van der Waals surface area (Å²) in [5, 5.41) is 14.7. The van der Waals surface area contributed by atoms with Crippen LogP contribution in [0.2, 0.25) is 0 Å². The molecule has 2 aliphatic rings. The molecule has 2 atom stereocenters. The molecule has 2 saturated heterocycles. The number of unbranched alkanes of at least 4 members (excludes halogenated alkanes) is 18. The minimum Gasteiger partial charge on any atom is -0.355 e. The van der Waals surface area contributed by atoms with E-state index in [1.807, 2.05) is 0 Å². The zero-order valence-electron chi connectivity index (χ0n) is 36.1. The Bertz CT molecular complexity index is 940. The molecular formula is C44H86N8O4. The first-order valence-corrected chi connectivity index (χ1v) is 23.6. The zero-order valence-corrected chi connectivity index (χ0v) is 36.1. The third-order valence-electron chi connectivity index (χ3n) is 11.7. The molecule has 0 aromatic heterocycles. The molecule has 12 nitrogen and oxygen atoms in total. The van der Waals surface area contributed by atoms with Crippen LogP contribution in [0.15, 0.2) is 0 Å². The number of urea groups is 2. The molecule has 2 rings (SSSR count). The van der Waals surface area contributed by atoms with Gasteiger partial charge in [-0.1, -0.05) is 168 Å². The van der Waals surface area contributed by atoms with Gasteiger partial charge in [0.15, 0.2) is 0 Å². The second-order valence-corrected chi connectivity index (χ2v) is 16.5. The summed E-state index contributed by atoms with van der Waals surface area (Å²) in [4.78, 5) is 48.3. The molecule has 0 bridgehead atoms. The zero-order chi connectivity index (χ0) is 40.3. The number of carbonyl (C=O) groups is 4. The van der Waals surface area contributed by atoms with E-state index >= 15 is 0 Å². The van der Waals surface area contributed by atoms with Crippen molar-refractivity contribution in [1.82, 2.24) is 42.1 Å². The number of amides is 6. The van der Waals surface area contributed by atoms with Gasteiger partial charge in [-0.3, -0.25) is 19.6 Å². The largest absolute Gasteiger partial charge is 0.355 e. The van der Waals surface area contributed by atoms with Crippen molar-refractivity contribution >= 4 is 23.9 Å². The first-order valence-electron chi connectivity index (χ1n) is 23.6. The second-order valence-electron chi connectivity index (χ2n) is 16.5. The average molecular weight is 791 g/mol. The molecule has 12 heteroatoms. The minimum atomic E-state index is -0.103. The molecule has 2 fully saturated rings. The molecule has 0 aliphatic carbocycles. The molecule has 6 N–H and O–H groups in total. The van der Waals surface area contributed by atoms with Crippen LogP contribution < -0.4 is 32.1 Å². The lowest BCUT2D eigenvalue weighted by Crippen LogP contribution is -2.44. The Labute approximate surface area is 342 Å². The van der Waals surface area contributed by atoms with Crippen molar-refractivity contribution in [3.63, 3.8) is 0 Å². The summed E-state index contributed by atoms with van der Waals surface area (Å²) in [7, 11) is 0. The molecule has 326 valence electrons. The number of nitrogens with one attached hydrogen (secondary N) is 6. The van der Waals surface area contributed by atoms with E-state index in [9.17, 15) is 19.2 Å². The van der Waals surface area contributed by atoms with E-state index in [0.29, 0.717) is 65.2 Å². The maximum atomic E-state index is 12.5. The topological polar surface area (TPSA) is 147 Å². The van der Waals surface area contributed by atoms with Gasteiger partial charge >= 0.3 is 12.1 Å². The Morgan fingerprint density at radius 2 is 0.804 bits per heavy atom. The summed E-state index contributed by atoms with van der Waals surface area (Å²) >= 11 is 0. The van der Waals surface area contributed by atoms with Gasteiger partial charge in [-0.15, -0.1) is 0 Å². The highest BCUT2D eigenvalue weighted by molar-refractivity contribution is 5.77. The number of hydrazine groups is 2. The van der Waals surface area contributed by atoms with Gasteiger partial charge in [0.1, 0.15) is 0 Å². The van der Waals surface area contributed by atoms with Gasteiger partial charge in [-0.05, 0) is 24.7 Å². The molecule has 2 unspecified atom stereocenters. The molecule has 0 spiro atoms. The average Bonchev–Trinajstić information content (AvgIpc) is 3.81. The fourth-order valence-electron chi connectivity index (χ4n) is 8.26. The normalized spacial score (nSPS) is 15.2. The number of hydrogen-bond acceptors (Lipinski definition) is 6. The lowest BCUT2D eigenvalue weighted by atomic mass is 9.78. The van der Waals surface area contributed by atoms with Gasteiger partial charge < -0.3 is 21.3 Å². The Morgan fingerprint density at radius 1 is 0.482 bits per heavy atom. The maximum Gasteiger partial charge on any atom is 0.331 e. The molecule has 2 aliphatic heterocycles. The van der Waals surface area contributed by atoms with Gasteiger partial charge in [0.2, 0.25) is 11.8 Å². The van der Waals surface area contributed by atoms with Crippen LogP contribution in [0.5, 0.6) is 0 Å². The van der Waals surface area contributed by atoms with Crippen LogP contribution >= 0.6 is 0 Å². The van der Waals surface area contributed by atoms with Crippen LogP contribution in [0.3, 0.4) is 0 Å². The highest BCUT2D eigenvalue weighted by Crippen LogP contribution is 2.33. The molecule has 2 heterocycles. The van der Waals surface area contributed by atoms with Crippen LogP contribution in [-0.4, -0.2) is 86.3 Å². The van der Waals surface area contributed by atoms with Gasteiger partial charge in [0.05, 0.1) is 13.1 Å². The van der Waals surface area contributed by atoms with Crippen molar-refractivity contribution in [2.45, 2.75) is 194 Å². The van der Waals surface area contributed by atoms with Crippen LogP contribution in [0, 0.1) is 11.8 Å². The van der Waals surface area contributed by atoms with E-state index in [1.54, 1.807) is 10.0 Å². The Hall–Kier alpha value is -2.60. The van der Waals surface area contributed by atoms with Crippen molar-refractivity contribution in [2.24, 2.45) is 11.8 Å². The molecule has 6 amide bonds.